The molecule has 0 N–H and O–H groups in total. The molecule has 0 aliphatic carbocycles. The molecule has 0 aliphatic heterocycles. The third-order valence-electron chi connectivity index (χ3n) is 0.992. The smallest absolute Gasteiger partial charge is 0.264 e. The van der Waals surface area contributed by atoms with E-state index in [1.807, 2.05) is 26.0 Å². The van der Waals surface area contributed by atoms with Gasteiger partial charge in [0, 0.05) is 0 Å². The van der Waals surface area contributed by atoms with Crippen molar-refractivity contribution in [1.29, 1.82) is 0 Å². The van der Waals surface area contributed by atoms with Crippen molar-refractivity contribution in [3.8, 4) is 0 Å². The second kappa shape index (κ2) is 8.64. The Hall–Kier alpha value is -0.450. The van der Waals surface area contributed by atoms with Crippen LogP contribution in [0.4, 0.5) is 0 Å². The standard InChI is InChI=1S/C8H14O3S/c1-3-5-7-10-12(9)11-8-6-4-2/h3-6H,7-8H2,1-2H3. The van der Waals surface area contributed by atoms with E-state index in [9.17, 15) is 4.21 Å². The minimum Gasteiger partial charge on any atom is -0.264 e. The largest absolute Gasteiger partial charge is 0.305 e. The Bertz CT molecular complexity index is 157. The molecule has 0 aromatic rings. The van der Waals surface area contributed by atoms with Crippen molar-refractivity contribution >= 4 is 11.4 Å². The normalized spacial score (nSPS) is 14.5. The van der Waals surface area contributed by atoms with E-state index in [0.29, 0.717) is 13.2 Å². The Morgan fingerprint density at radius 3 is 1.83 bits per heavy atom. The summed E-state index contributed by atoms with van der Waals surface area (Å²) in [5.74, 6) is 0. The van der Waals surface area contributed by atoms with Gasteiger partial charge in [0.1, 0.15) is 0 Å². The zero-order valence-corrected chi connectivity index (χ0v) is 8.17. The first-order valence-corrected chi connectivity index (χ1v) is 4.72. The minimum atomic E-state index is -1.63. The SMILES string of the molecule is CC=CCOS(=O)OCC=CC. The van der Waals surface area contributed by atoms with Crippen molar-refractivity contribution in [1.82, 2.24) is 0 Å². The van der Waals surface area contributed by atoms with E-state index in [0.717, 1.165) is 0 Å². The summed E-state index contributed by atoms with van der Waals surface area (Å²) in [7, 11) is 0. The van der Waals surface area contributed by atoms with Gasteiger partial charge in [-0.05, 0) is 13.8 Å². The second-order valence-electron chi connectivity index (χ2n) is 1.91. The van der Waals surface area contributed by atoms with Crippen LogP contribution in [0.25, 0.3) is 0 Å². The molecule has 0 spiro atoms. The fraction of sp³-hybridized carbons (Fsp3) is 0.500. The maximum Gasteiger partial charge on any atom is 0.305 e. The highest BCUT2D eigenvalue weighted by Gasteiger charge is 1.95. The summed E-state index contributed by atoms with van der Waals surface area (Å²) < 4.78 is 20.3. The van der Waals surface area contributed by atoms with Crippen molar-refractivity contribution < 1.29 is 12.6 Å². The van der Waals surface area contributed by atoms with E-state index in [1.54, 1.807) is 12.2 Å². The summed E-state index contributed by atoms with van der Waals surface area (Å²) in [5.41, 5.74) is 0. The van der Waals surface area contributed by atoms with Gasteiger partial charge >= 0.3 is 11.4 Å². The fourth-order valence-corrected chi connectivity index (χ4v) is 0.864. The minimum absolute atomic E-state index is 0.318. The Morgan fingerprint density at radius 1 is 1.08 bits per heavy atom. The highest BCUT2D eigenvalue weighted by molar-refractivity contribution is 7.75. The Balaban J connectivity index is 3.33. The third-order valence-corrected chi connectivity index (χ3v) is 1.65. The van der Waals surface area contributed by atoms with Crippen molar-refractivity contribution in [3.05, 3.63) is 24.3 Å². The van der Waals surface area contributed by atoms with Crippen LogP contribution in [0.1, 0.15) is 13.8 Å². The van der Waals surface area contributed by atoms with Crippen LogP contribution in [0.15, 0.2) is 24.3 Å². The van der Waals surface area contributed by atoms with Crippen LogP contribution in [0.2, 0.25) is 0 Å². The first kappa shape index (κ1) is 11.6. The molecule has 4 heteroatoms. The molecule has 12 heavy (non-hydrogen) atoms. The highest BCUT2D eigenvalue weighted by Crippen LogP contribution is 1.89. The molecule has 0 saturated carbocycles. The molecule has 0 bridgehead atoms. The van der Waals surface area contributed by atoms with Gasteiger partial charge in [-0.3, -0.25) is 8.37 Å². The molecule has 0 aliphatic rings. The molecule has 0 heterocycles. The van der Waals surface area contributed by atoms with Crippen molar-refractivity contribution in [2.45, 2.75) is 13.8 Å². The Morgan fingerprint density at radius 2 is 1.50 bits per heavy atom. The summed E-state index contributed by atoms with van der Waals surface area (Å²) in [6, 6.07) is 0. The molecule has 0 aromatic carbocycles. The van der Waals surface area contributed by atoms with Gasteiger partial charge in [0.25, 0.3) is 0 Å². The molecular weight excluding hydrogens is 176 g/mol. The molecule has 70 valence electrons. The van der Waals surface area contributed by atoms with E-state index < -0.39 is 11.4 Å². The zero-order chi connectivity index (χ0) is 9.23. The van der Waals surface area contributed by atoms with Crippen LogP contribution in [-0.2, 0) is 19.7 Å². The molecule has 0 unspecified atom stereocenters. The van der Waals surface area contributed by atoms with Crippen LogP contribution >= 0.6 is 0 Å². The first-order chi connectivity index (χ1) is 5.81. The predicted octanol–water partition coefficient (Wildman–Crippen LogP) is 1.75. The summed E-state index contributed by atoms with van der Waals surface area (Å²) in [6.07, 6.45) is 7.17. The van der Waals surface area contributed by atoms with E-state index >= 15 is 0 Å². The molecule has 0 fully saturated rings. The second-order valence-corrected chi connectivity index (χ2v) is 2.79. The molecule has 0 radical (unpaired) electrons. The van der Waals surface area contributed by atoms with Gasteiger partial charge < -0.3 is 0 Å². The van der Waals surface area contributed by atoms with Gasteiger partial charge in [0.2, 0.25) is 0 Å². The topological polar surface area (TPSA) is 35.5 Å². The van der Waals surface area contributed by atoms with Crippen LogP contribution in [0.3, 0.4) is 0 Å². The van der Waals surface area contributed by atoms with Crippen LogP contribution in [0, 0.1) is 0 Å². The lowest BCUT2D eigenvalue weighted by molar-refractivity contribution is 0.288. The highest BCUT2D eigenvalue weighted by atomic mass is 32.2. The zero-order valence-electron chi connectivity index (χ0n) is 7.36. The lowest BCUT2D eigenvalue weighted by Crippen LogP contribution is -2.01. The molecule has 0 atom stereocenters. The summed E-state index contributed by atoms with van der Waals surface area (Å²) in [4.78, 5) is 0. The molecule has 3 nitrogen and oxygen atoms in total. The van der Waals surface area contributed by atoms with Crippen LogP contribution in [0.5, 0.6) is 0 Å². The Kier molecular flexibility index (Phi) is 8.32. The summed E-state index contributed by atoms with van der Waals surface area (Å²) >= 11 is -1.63. The first-order valence-electron chi connectivity index (χ1n) is 3.72. The van der Waals surface area contributed by atoms with E-state index in [1.165, 1.54) is 0 Å². The predicted molar refractivity (Wildman–Crippen MR) is 49.7 cm³/mol. The summed E-state index contributed by atoms with van der Waals surface area (Å²) in [6.45, 7) is 4.37. The van der Waals surface area contributed by atoms with Gasteiger partial charge in [-0.15, -0.1) is 0 Å². The Labute approximate surface area is 75.9 Å². The fourth-order valence-electron chi connectivity index (χ4n) is 0.416. The third kappa shape index (κ3) is 7.65. The van der Waals surface area contributed by atoms with E-state index in [-0.39, 0.29) is 0 Å². The van der Waals surface area contributed by atoms with Gasteiger partial charge in [0.05, 0.1) is 13.2 Å². The number of rotatable bonds is 6. The quantitative estimate of drug-likeness (QED) is 0.598. The average Bonchev–Trinajstić information content (AvgIpc) is 2.06. The van der Waals surface area contributed by atoms with Crippen molar-refractivity contribution in [2.24, 2.45) is 0 Å². The van der Waals surface area contributed by atoms with Gasteiger partial charge in [-0.2, -0.15) is 4.21 Å². The van der Waals surface area contributed by atoms with Crippen LogP contribution < -0.4 is 0 Å². The maximum absolute atomic E-state index is 10.8. The van der Waals surface area contributed by atoms with Crippen LogP contribution in [-0.4, -0.2) is 17.4 Å². The van der Waals surface area contributed by atoms with Crippen molar-refractivity contribution in [2.75, 3.05) is 13.2 Å². The lowest BCUT2D eigenvalue weighted by Gasteiger charge is -1.97. The monoisotopic (exact) mass is 190 g/mol. The lowest BCUT2D eigenvalue weighted by atomic mass is 10.6. The molecule has 0 amide bonds. The molecule has 0 saturated heterocycles. The van der Waals surface area contributed by atoms with Gasteiger partial charge in [-0.1, -0.05) is 24.3 Å². The molecule has 0 rings (SSSR count). The molecular formula is C8H14O3S. The molecule has 0 aromatic heterocycles. The van der Waals surface area contributed by atoms with Gasteiger partial charge in [-0.25, -0.2) is 0 Å². The number of allylic oxidation sites excluding steroid dienone is 2. The van der Waals surface area contributed by atoms with E-state index in [4.69, 9.17) is 8.37 Å². The van der Waals surface area contributed by atoms with Gasteiger partial charge in [0.15, 0.2) is 0 Å². The summed E-state index contributed by atoms with van der Waals surface area (Å²) in [5, 5.41) is 0. The van der Waals surface area contributed by atoms with E-state index in [2.05, 4.69) is 0 Å². The number of hydrogen-bond donors (Lipinski definition) is 0. The average molecular weight is 190 g/mol. The van der Waals surface area contributed by atoms with Crippen molar-refractivity contribution in [3.63, 3.8) is 0 Å². The number of hydrogen-bond acceptors (Lipinski definition) is 3. The maximum atomic E-state index is 10.8.